The number of aliphatic hydroxyl groups is 1. The molecule has 0 spiro atoms. The predicted molar refractivity (Wildman–Crippen MR) is 160 cm³/mol. The highest BCUT2D eigenvalue weighted by molar-refractivity contribution is 6.02. The van der Waals surface area contributed by atoms with Gasteiger partial charge in [-0.25, -0.2) is 0 Å². The number of aliphatic hydroxyl groups excluding tert-OH is 1. The molecule has 11 nitrogen and oxygen atoms in total. The number of aromatic amines is 1. The topological polar surface area (TPSA) is 161 Å². The number of carbonyl (C=O) groups excluding carboxylic acids is 5. The molecule has 1 aromatic heterocycles. The number of H-pyrrole nitrogens is 1. The van der Waals surface area contributed by atoms with E-state index in [9.17, 15) is 29.1 Å². The summed E-state index contributed by atoms with van der Waals surface area (Å²) >= 11 is 0. The average Bonchev–Trinajstić information content (AvgIpc) is 3.46. The van der Waals surface area contributed by atoms with Crippen molar-refractivity contribution in [2.75, 3.05) is 19.7 Å². The molecule has 3 aliphatic rings. The average molecular weight is 594 g/mol. The van der Waals surface area contributed by atoms with Crippen molar-refractivity contribution in [3.8, 4) is 0 Å². The maximum atomic E-state index is 14.2. The van der Waals surface area contributed by atoms with Crippen LogP contribution in [0.1, 0.15) is 63.5 Å². The SMILES string of the molecule is Cc1cccc2[nH]c(C(=O)N[C@H](C(=O)N3C[C@H]4[C@@H]([C@H]3C(=O)N[C@@H](CC3CCNC3=O)C(=O)CO)C4(C)C)C(C)(C)C)cc12. The number of aromatic nitrogens is 1. The largest absolute Gasteiger partial charge is 0.389 e. The molecule has 3 fully saturated rings. The molecule has 232 valence electrons. The smallest absolute Gasteiger partial charge is 0.268 e. The summed E-state index contributed by atoms with van der Waals surface area (Å²) in [6.45, 7) is 11.8. The van der Waals surface area contributed by atoms with Crippen LogP contribution < -0.4 is 16.0 Å². The van der Waals surface area contributed by atoms with Crippen molar-refractivity contribution in [2.45, 2.75) is 72.5 Å². The first-order chi connectivity index (χ1) is 20.1. The first kappa shape index (κ1) is 30.7. The molecule has 1 saturated carbocycles. The predicted octanol–water partition coefficient (Wildman–Crippen LogP) is 1.68. The van der Waals surface area contributed by atoms with Crippen molar-refractivity contribution in [1.29, 1.82) is 0 Å². The summed E-state index contributed by atoms with van der Waals surface area (Å²) in [5.74, 6) is -2.50. The number of carbonyl (C=O) groups is 5. The highest BCUT2D eigenvalue weighted by Gasteiger charge is 2.70. The zero-order chi connectivity index (χ0) is 31.4. The molecule has 6 atom stereocenters. The molecule has 5 N–H and O–H groups in total. The van der Waals surface area contributed by atoms with E-state index in [-0.39, 0.29) is 35.5 Å². The van der Waals surface area contributed by atoms with E-state index in [2.05, 4.69) is 34.8 Å². The summed E-state index contributed by atoms with van der Waals surface area (Å²) in [4.78, 5) is 71.1. The number of amides is 4. The highest BCUT2D eigenvalue weighted by Crippen LogP contribution is 2.65. The number of Topliss-reactive ketones (excluding diaryl/α,β-unsaturated/α-hetero) is 1. The first-order valence-corrected chi connectivity index (χ1v) is 15.1. The maximum absolute atomic E-state index is 14.2. The van der Waals surface area contributed by atoms with Crippen LogP contribution in [0, 0.1) is 35.5 Å². The zero-order valence-electron chi connectivity index (χ0n) is 25.7. The molecular weight excluding hydrogens is 550 g/mol. The second-order valence-electron chi connectivity index (χ2n) is 14.1. The van der Waals surface area contributed by atoms with Gasteiger partial charge in [-0.1, -0.05) is 46.8 Å². The summed E-state index contributed by atoms with van der Waals surface area (Å²) in [5.41, 5.74) is 1.33. The van der Waals surface area contributed by atoms with Gasteiger partial charge in [-0.3, -0.25) is 24.0 Å². The highest BCUT2D eigenvalue weighted by atomic mass is 16.3. The minimum atomic E-state index is -1.05. The lowest BCUT2D eigenvalue weighted by molar-refractivity contribution is -0.144. The summed E-state index contributed by atoms with van der Waals surface area (Å²) in [6.07, 6.45) is 0.623. The summed E-state index contributed by atoms with van der Waals surface area (Å²) in [6, 6.07) is 4.71. The van der Waals surface area contributed by atoms with Crippen LogP contribution in [-0.4, -0.2) is 82.2 Å². The molecule has 3 heterocycles. The standard InChI is InChI=1S/C32H43N5O6/c1-16-8-7-9-20-18(16)13-22(34-20)28(41)36-26(31(2,3)4)30(43)37-14-19-24(32(19,5)6)25(37)29(42)35-21(23(39)15-38)12-17-10-11-33-27(17)40/h7-9,13,17,19,21,24-26,34,38H,10-12,14-15H2,1-6H3,(H,33,40)(H,35,42)(H,36,41)/t17?,19-,21-,24-,25-,26+/m0/s1. The van der Waals surface area contributed by atoms with Crippen molar-refractivity contribution in [2.24, 2.45) is 28.6 Å². The van der Waals surface area contributed by atoms with Gasteiger partial charge in [0, 0.05) is 29.9 Å². The number of nitrogens with zero attached hydrogens (tertiary/aromatic N) is 1. The molecule has 0 radical (unpaired) electrons. The fourth-order valence-electron chi connectivity index (χ4n) is 7.06. The lowest BCUT2D eigenvalue weighted by Crippen LogP contribution is -2.60. The number of rotatable bonds is 9. The monoisotopic (exact) mass is 593 g/mol. The summed E-state index contributed by atoms with van der Waals surface area (Å²) in [5, 5.41) is 19.0. The number of benzene rings is 1. The van der Waals surface area contributed by atoms with Crippen LogP contribution in [0.2, 0.25) is 0 Å². The van der Waals surface area contributed by atoms with Crippen LogP contribution in [0.25, 0.3) is 10.9 Å². The Bertz CT molecular complexity index is 1470. The molecule has 2 aliphatic heterocycles. The van der Waals surface area contributed by atoms with Crippen molar-refractivity contribution < 1.29 is 29.1 Å². The molecule has 4 amide bonds. The molecular formula is C32H43N5O6. The van der Waals surface area contributed by atoms with E-state index in [4.69, 9.17) is 0 Å². The number of fused-ring (bicyclic) bond motifs is 2. The van der Waals surface area contributed by atoms with Crippen LogP contribution in [0.3, 0.4) is 0 Å². The third-order valence-corrected chi connectivity index (χ3v) is 9.82. The first-order valence-electron chi connectivity index (χ1n) is 15.1. The van der Waals surface area contributed by atoms with Gasteiger partial charge < -0.3 is 30.9 Å². The molecule has 5 rings (SSSR count). The summed E-state index contributed by atoms with van der Waals surface area (Å²) < 4.78 is 0. The normalized spacial score (nSPS) is 25.6. The molecule has 11 heteroatoms. The van der Waals surface area contributed by atoms with Gasteiger partial charge in [-0.2, -0.15) is 0 Å². The van der Waals surface area contributed by atoms with Crippen LogP contribution in [-0.2, 0) is 19.2 Å². The van der Waals surface area contributed by atoms with E-state index < -0.39 is 53.7 Å². The third-order valence-electron chi connectivity index (χ3n) is 9.82. The van der Waals surface area contributed by atoms with Crippen molar-refractivity contribution in [1.82, 2.24) is 25.8 Å². The molecule has 1 unspecified atom stereocenters. The molecule has 1 aromatic carbocycles. The lowest BCUT2D eigenvalue weighted by atomic mass is 9.85. The van der Waals surface area contributed by atoms with Crippen LogP contribution in [0.5, 0.6) is 0 Å². The second kappa shape index (κ2) is 11.1. The van der Waals surface area contributed by atoms with Gasteiger partial charge in [-0.05, 0) is 60.1 Å². The van der Waals surface area contributed by atoms with Crippen LogP contribution in [0.4, 0.5) is 0 Å². The Hall–Kier alpha value is -3.73. The van der Waals surface area contributed by atoms with Gasteiger partial charge in [0.15, 0.2) is 5.78 Å². The fourth-order valence-corrected chi connectivity index (χ4v) is 7.06. The summed E-state index contributed by atoms with van der Waals surface area (Å²) in [7, 11) is 0. The van der Waals surface area contributed by atoms with Gasteiger partial charge in [-0.15, -0.1) is 0 Å². The second-order valence-corrected chi connectivity index (χ2v) is 14.1. The molecule has 1 aliphatic carbocycles. The third kappa shape index (κ3) is 5.67. The molecule has 0 bridgehead atoms. The van der Waals surface area contributed by atoms with E-state index in [0.29, 0.717) is 25.2 Å². The Kier molecular flexibility index (Phi) is 7.91. The van der Waals surface area contributed by atoms with E-state index >= 15 is 0 Å². The van der Waals surface area contributed by atoms with E-state index in [1.165, 1.54) is 0 Å². The van der Waals surface area contributed by atoms with Crippen molar-refractivity contribution in [3.63, 3.8) is 0 Å². The minimum absolute atomic E-state index is 0.0831. The van der Waals surface area contributed by atoms with Crippen molar-refractivity contribution in [3.05, 3.63) is 35.5 Å². The number of hydrogen-bond acceptors (Lipinski definition) is 6. The Labute approximate surface area is 251 Å². The molecule has 2 saturated heterocycles. The number of likely N-dealkylation sites (tertiary alicyclic amines) is 1. The quantitative estimate of drug-likeness (QED) is 0.297. The number of piperidine rings is 1. The van der Waals surface area contributed by atoms with E-state index in [1.807, 2.05) is 45.9 Å². The van der Waals surface area contributed by atoms with Gasteiger partial charge in [0.2, 0.25) is 17.7 Å². The van der Waals surface area contributed by atoms with E-state index in [0.717, 1.165) is 16.5 Å². The number of aryl methyl sites for hydroxylation is 1. The molecule has 2 aromatic rings. The van der Waals surface area contributed by atoms with Gasteiger partial charge in [0.05, 0.1) is 6.04 Å². The molecule has 43 heavy (non-hydrogen) atoms. The fraction of sp³-hybridized carbons (Fsp3) is 0.594. The van der Waals surface area contributed by atoms with Crippen LogP contribution >= 0.6 is 0 Å². The number of nitrogens with one attached hydrogen (secondary N) is 4. The number of ketones is 1. The van der Waals surface area contributed by atoms with Crippen molar-refractivity contribution >= 4 is 40.3 Å². The Morgan fingerprint density at radius 3 is 2.49 bits per heavy atom. The Morgan fingerprint density at radius 2 is 1.88 bits per heavy atom. The zero-order valence-corrected chi connectivity index (χ0v) is 25.7. The Morgan fingerprint density at radius 1 is 1.16 bits per heavy atom. The van der Waals surface area contributed by atoms with E-state index in [1.54, 1.807) is 11.0 Å². The minimum Gasteiger partial charge on any atom is -0.389 e. The van der Waals surface area contributed by atoms with Gasteiger partial charge in [0.25, 0.3) is 5.91 Å². The van der Waals surface area contributed by atoms with Crippen LogP contribution in [0.15, 0.2) is 24.3 Å². The number of hydrogen-bond donors (Lipinski definition) is 5. The van der Waals surface area contributed by atoms with Gasteiger partial charge in [0.1, 0.15) is 24.4 Å². The lowest BCUT2D eigenvalue weighted by Gasteiger charge is -2.38. The Balaban J connectivity index is 1.38. The van der Waals surface area contributed by atoms with Gasteiger partial charge >= 0.3 is 0 Å². The maximum Gasteiger partial charge on any atom is 0.268 e.